The molecule has 0 saturated carbocycles. The van der Waals surface area contributed by atoms with Gasteiger partial charge in [0.25, 0.3) is 8.32 Å². The molecular weight excluding hydrogens is 493 g/mol. The Balaban J connectivity index is 2.38. The molecule has 0 fully saturated rings. The smallest absolute Gasteiger partial charge is 0.261 e. The van der Waals surface area contributed by atoms with Crippen molar-refractivity contribution < 1.29 is 18.8 Å². The molecule has 0 heterocycles. The summed E-state index contributed by atoms with van der Waals surface area (Å²) < 4.78 is 13.6. The first-order valence-electron chi connectivity index (χ1n) is 13.6. The van der Waals surface area contributed by atoms with Crippen LogP contribution in [0.15, 0.2) is 60.7 Å². The van der Waals surface area contributed by atoms with Crippen LogP contribution in [0.5, 0.6) is 0 Å². The van der Waals surface area contributed by atoms with Crippen molar-refractivity contribution in [2.45, 2.75) is 110 Å². The molecule has 3 atom stereocenters. The van der Waals surface area contributed by atoms with E-state index in [4.69, 9.17) is 8.85 Å². The molecule has 0 unspecified atom stereocenters. The lowest BCUT2D eigenvalue weighted by Crippen LogP contribution is -2.68. The number of Topliss-reactive ketones (excluding diaryl/α,β-unsaturated/α-hetero) is 1. The summed E-state index contributed by atoms with van der Waals surface area (Å²) in [6, 6.07) is 20.8. The zero-order valence-electron chi connectivity index (χ0n) is 25.0. The van der Waals surface area contributed by atoms with E-state index in [2.05, 4.69) is 78.9 Å². The molecular formula is C31H50O4Si2. The van der Waals surface area contributed by atoms with Gasteiger partial charge in [0.05, 0.1) is 12.2 Å². The third kappa shape index (κ3) is 7.30. The van der Waals surface area contributed by atoms with Gasteiger partial charge in [-0.15, -0.1) is 0 Å². The topological polar surface area (TPSA) is 55.8 Å². The molecule has 4 nitrogen and oxygen atoms in total. The van der Waals surface area contributed by atoms with E-state index in [1.165, 1.54) is 0 Å². The second kappa shape index (κ2) is 12.1. The number of benzene rings is 2. The van der Waals surface area contributed by atoms with Gasteiger partial charge in [-0.25, -0.2) is 0 Å². The van der Waals surface area contributed by atoms with Gasteiger partial charge in [0, 0.05) is 6.42 Å². The van der Waals surface area contributed by atoms with Crippen LogP contribution < -0.4 is 10.4 Å². The molecule has 37 heavy (non-hydrogen) atoms. The van der Waals surface area contributed by atoms with Gasteiger partial charge in [0.1, 0.15) is 6.10 Å². The Hall–Kier alpha value is -1.58. The first-order chi connectivity index (χ1) is 16.9. The molecule has 0 saturated heterocycles. The van der Waals surface area contributed by atoms with E-state index in [9.17, 15) is 9.90 Å². The van der Waals surface area contributed by atoms with Crippen LogP contribution in [-0.2, 0) is 13.6 Å². The summed E-state index contributed by atoms with van der Waals surface area (Å²) >= 11 is 0. The van der Waals surface area contributed by atoms with Crippen molar-refractivity contribution in [1.29, 1.82) is 0 Å². The summed E-state index contributed by atoms with van der Waals surface area (Å²) in [5, 5.41) is 13.4. The minimum Gasteiger partial charge on any atom is -0.407 e. The molecule has 2 aromatic carbocycles. The number of hydrogen-bond acceptors (Lipinski definition) is 4. The van der Waals surface area contributed by atoms with Crippen molar-refractivity contribution in [1.82, 2.24) is 0 Å². The molecule has 0 aliphatic carbocycles. The van der Waals surface area contributed by atoms with Crippen molar-refractivity contribution in [2.75, 3.05) is 0 Å². The van der Waals surface area contributed by atoms with Crippen molar-refractivity contribution in [3.8, 4) is 0 Å². The van der Waals surface area contributed by atoms with E-state index in [1.807, 2.05) is 57.2 Å². The van der Waals surface area contributed by atoms with Crippen molar-refractivity contribution in [3.05, 3.63) is 60.7 Å². The van der Waals surface area contributed by atoms with Crippen LogP contribution in [0.1, 0.15) is 68.7 Å². The molecule has 2 aromatic rings. The van der Waals surface area contributed by atoms with E-state index in [-0.39, 0.29) is 28.2 Å². The first kappa shape index (κ1) is 31.6. The molecule has 0 aromatic heterocycles. The maximum Gasteiger partial charge on any atom is 0.261 e. The number of carbonyl (C=O) groups is 1. The number of hydrogen-bond donors (Lipinski definition) is 1. The highest BCUT2D eigenvalue weighted by atomic mass is 28.4. The average molecular weight is 543 g/mol. The molecule has 0 spiro atoms. The first-order valence-corrected chi connectivity index (χ1v) is 18.4. The van der Waals surface area contributed by atoms with Gasteiger partial charge >= 0.3 is 0 Å². The van der Waals surface area contributed by atoms with Crippen LogP contribution >= 0.6 is 0 Å². The quantitative estimate of drug-likeness (QED) is 0.338. The second-order valence-electron chi connectivity index (χ2n) is 13.3. The van der Waals surface area contributed by atoms with Gasteiger partial charge in [-0.05, 0) is 46.4 Å². The predicted molar refractivity (Wildman–Crippen MR) is 161 cm³/mol. The molecule has 0 bridgehead atoms. The SMILES string of the molecule is CC(C)[C@H](O[Si](C)(C)C(C)(C)C)C(=O)C[C@@H](O)[C@@H](C)O[Si](c1ccccc1)(c1ccccc1)C(C)(C)C. The minimum absolute atomic E-state index is 0.00127. The summed E-state index contributed by atoms with van der Waals surface area (Å²) in [5.41, 5.74) is 0. The molecule has 6 heteroatoms. The largest absolute Gasteiger partial charge is 0.407 e. The molecule has 0 radical (unpaired) electrons. The van der Waals surface area contributed by atoms with Gasteiger partial charge in [-0.1, -0.05) is 116 Å². The summed E-state index contributed by atoms with van der Waals surface area (Å²) in [7, 11) is -4.98. The minimum atomic E-state index is -2.83. The highest BCUT2D eigenvalue weighted by molar-refractivity contribution is 6.99. The Morgan fingerprint density at radius 3 is 1.57 bits per heavy atom. The lowest BCUT2D eigenvalue weighted by molar-refractivity contribution is -0.131. The fourth-order valence-electron chi connectivity index (χ4n) is 4.60. The van der Waals surface area contributed by atoms with E-state index >= 15 is 0 Å². The van der Waals surface area contributed by atoms with Crippen LogP contribution in [0.3, 0.4) is 0 Å². The molecule has 0 amide bonds. The van der Waals surface area contributed by atoms with Crippen LogP contribution in [0.25, 0.3) is 0 Å². The van der Waals surface area contributed by atoms with Gasteiger partial charge in [0.2, 0.25) is 0 Å². The molecule has 1 N–H and O–H groups in total. The Morgan fingerprint density at radius 2 is 1.22 bits per heavy atom. The van der Waals surface area contributed by atoms with Gasteiger partial charge < -0.3 is 14.0 Å². The molecule has 0 aliphatic rings. The van der Waals surface area contributed by atoms with Crippen molar-refractivity contribution in [2.24, 2.45) is 5.92 Å². The van der Waals surface area contributed by atoms with Gasteiger partial charge in [-0.3, -0.25) is 4.79 Å². The number of aliphatic hydroxyl groups excluding tert-OH is 1. The fraction of sp³-hybridized carbons (Fsp3) is 0.581. The Morgan fingerprint density at radius 1 is 0.784 bits per heavy atom. The number of ketones is 1. The Labute approximate surface area is 228 Å². The van der Waals surface area contributed by atoms with Crippen LogP contribution in [-0.4, -0.2) is 45.8 Å². The zero-order valence-corrected chi connectivity index (χ0v) is 27.0. The van der Waals surface area contributed by atoms with Gasteiger partial charge in [0.15, 0.2) is 14.1 Å². The highest BCUT2D eigenvalue weighted by Crippen LogP contribution is 2.39. The fourth-order valence-corrected chi connectivity index (χ4v) is 10.7. The Kier molecular flexibility index (Phi) is 10.3. The number of carbonyl (C=O) groups excluding carboxylic acids is 1. The average Bonchev–Trinajstić information content (AvgIpc) is 2.80. The zero-order chi connectivity index (χ0) is 28.2. The summed E-state index contributed by atoms with van der Waals surface area (Å²) in [6.45, 7) is 23.4. The monoisotopic (exact) mass is 542 g/mol. The maximum absolute atomic E-state index is 13.5. The number of rotatable bonds is 11. The highest BCUT2D eigenvalue weighted by Gasteiger charge is 2.51. The third-order valence-corrected chi connectivity index (χ3v) is 17.5. The van der Waals surface area contributed by atoms with E-state index in [0.717, 1.165) is 10.4 Å². The molecule has 0 aliphatic heterocycles. The standard InChI is InChI=1S/C31H50O4Si2/c1-23(2)29(35-36(10,11)30(4,5)6)28(33)22-27(32)24(3)34-37(31(7,8)9,25-18-14-12-15-19-25)26-20-16-13-17-21-26/h12-21,23-24,27,29,32H,22H2,1-11H3/t24-,27-,29+/m1/s1. The van der Waals surface area contributed by atoms with E-state index in [1.54, 1.807) is 0 Å². The predicted octanol–water partition coefficient (Wildman–Crippen LogP) is 6.32. The van der Waals surface area contributed by atoms with Crippen LogP contribution in [0.4, 0.5) is 0 Å². The maximum atomic E-state index is 13.5. The normalized spacial score (nSPS) is 15.9. The summed E-state index contributed by atoms with van der Waals surface area (Å²) in [4.78, 5) is 13.5. The second-order valence-corrected chi connectivity index (χ2v) is 22.3. The summed E-state index contributed by atoms with van der Waals surface area (Å²) in [5.74, 6) is -0.0213. The molecule has 2 rings (SSSR count). The van der Waals surface area contributed by atoms with Crippen molar-refractivity contribution in [3.63, 3.8) is 0 Å². The summed E-state index contributed by atoms with van der Waals surface area (Å²) in [6.07, 6.45) is -1.98. The lowest BCUT2D eigenvalue weighted by atomic mass is 9.98. The van der Waals surface area contributed by atoms with Crippen LogP contribution in [0, 0.1) is 5.92 Å². The van der Waals surface area contributed by atoms with E-state index in [0.29, 0.717) is 0 Å². The number of aliphatic hydroxyl groups is 1. The van der Waals surface area contributed by atoms with Crippen LogP contribution in [0.2, 0.25) is 23.2 Å². The van der Waals surface area contributed by atoms with Gasteiger partial charge in [-0.2, -0.15) is 0 Å². The Bertz CT molecular complexity index is 952. The van der Waals surface area contributed by atoms with E-state index < -0.39 is 34.9 Å². The van der Waals surface area contributed by atoms with Crippen molar-refractivity contribution >= 4 is 32.8 Å². The lowest BCUT2D eigenvalue weighted by Gasteiger charge is -2.45. The third-order valence-electron chi connectivity index (χ3n) is 7.88. The molecule has 206 valence electrons.